The smallest absolute Gasteiger partial charge is 0.323 e. The van der Waals surface area contributed by atoms with E-state index in [0.29, 0.717) is 0 Å². The van der Waals surface area contributed by atoms with Crippen LogP contribution in [0.1, 0.15) is 31.9 Å². The largest absolute Gasteiger partial charge is 0.468 e. The minimum absolute atomic E-state index is 0.0714. The molecule has 9 heteroatoms. The molecule has 3 atom stereocenters. The Morgan fingerprint density at radius 2 is 1.67 bits per heavy atom. The molecule has 180 valence electrons. The fraction of sp³-hybridized carbons (Fsp3) is 0.458. The first-order chi connectivity index (χ1) is 15.3. The molecule has 1 aliphatic rings. The quantitative estimate of drug-likeness (QED) is 0.590. The van der Waals surface area contributed by atoms with Gasteiger partial charge in [0.1, 0.15) is 6.04 Å². The van der Waals surface area contributed by atoms with Gasteiger partial charge in [0.05, 0.1) is 28.8 Å². The molecule has 3 rings (SSSR count). The van der Waals surface area contributed by atoms with Gasteiger partial charge in [-0.3, -0.25) is 10.1 Å². The average molecular weight is 494 g/mol. The van der Waals surface area contributed by atoms with Gasteiger partial charge >= 0.3 is 5.97 Å². The van der Waals surface area contributed by atoms with Crippen molar-refractivity contribution in [3.8, 4) is 0 Å². The summed E-state index contributed by atoms with van der Waals surface area (Å²) in [6, 6.07) is 13.9. The van der Waals surface area contributed by atoms with Crippen molar-refractivity contribution in [1.29, 1.82) is 0 Å². The molecule has 0 amide bonds. The Morgan fingerprint density at radius 1 is 1.06 bits per heavy atom. The molecule has 1 fully saturated rings. The van der Waals surface area contributed by atoms with Gasteiger partial charge in [-0.15, -0.1) is 0 Å². The van der Waals surface area contributed by atoms with Gasteiger partial charge in [0.25, 0.3) is 0 Å². The summed E-state index contributed by atoms with van der Waals surface area (Å²) in [6.07, 6.45) is 0.247. The zero-order valence-corrected chi connectivity index (χ0v) is 20.9. The maximum absolute atomic E-state index is 13.5. The molecule has 7 nitrogen and oxygen atoms in total. The number of hydrogen-bond acceptors (Lipinski definition) is 7. The van der Waals surface area contributed by atoms with Crippen LogP contribution in [0.3, 0.4) is 0 Å². The fourth-order valence-corrected chi connectivity index (χ4v) is 8.73. The number of esters is 1. The Balaban J connectivity index is 1.90. The first kappa shape index (κ1) is 25.4. The molecule has 1 N–H and O–H groups in total. The standard InChI is InChI=1S/C24H31NO6S2/c1-24(2,3)18-10-12-19(13-11-18)33(29,30)22-16-32(27,28)15-21(22)25-20(23(26)31-4)14-17-8-6-5-7-9-17/h5-13,20-22,25H,14-16H2,1-4H3/t20-,21-,22-/m0/s1. The minimum Gasteiger partial charge on any atom is -0.468 e. The highest BCUT2D eigenvalue weighted by molar-refractivity contribution is 7.96. The molecule has 2 aromatic rings. The van der Waals surface area contributed by atoms with E-state index in [9.17, 15) is 21.6 Å². The summed E-state index contributed by atoms with van der Waals surface area (Å²) in [5.41, 5.74) is 1.68. The van der Waals surface area contributed by atoms with Crippen LogP contribution in [0, 0.1) is 0 Å². The Labute approximate surface area is 196 Å². The Kier molecular flexibility index (Phi) is 7.36. The number of carbonyl (C=O) groups is 1. The van der Waals surface area contributed by atoms with Crippen LogP contribution in [0.15, 0.2) is 59.5 Å². The zero-order chi connectivity index (χ0) is 24.4. The van der Waals surface area contributed by atoms with Gasteiger partial charge in [-0.1, -0.05) is 63.2 Å². The normalized spacial score (nSPS) is 21.5. The summed E-state index contributed by atoms with van der Waals surface area (Å²) in [6.45, 7) is 6.08. The van der Waals surface area contributed by atoms with Gasteiger partial charge in [0.15, 0.2) is 19.7 Å². The van der Waals surface area contributed by atoms with E-state index in [2.05, 4.69) is 5.32 Å². The number of rotatable bonds is 7. The Bertz CT molecular complexity index is 1180. The van der Waals surface area contributed by atoms with Crippen LogP contribution in [0.25, 0.3) is 0 Å². The van der Waals surface area contributed by atoms with E-state index in [0.717, 1.165) is 11.1 Å². The van der Waals surface area contributed by atoms with Crippen LogP contribution < -0.4 is 5.32 Å². The van der Waals surface area contributed by atoms with Crippen LogP contribution >= 0.6 is 0 Å². The number of benzene rings is 2. The second-order valence-corrected chi connectivity index (χ2v) is 13.8. The van der Waals surface area contributed by atoms with Crippen LogP contribution in [0.5, 0.6) is 0 Å². The summed E-state index contributed by atoms with van der Waals surface area (Å²) < 4.78 is 56.7. The lowest BCUT2D eigenvalue weighted by Gasteiger charge is -2.25. The van der Waals surface area contributed by atoms with Crippen LogP contribution in [-0.2, 0) is 41.0 Å². The SMILES string of the molecule is COC(=O)[C@H](Cc1ccccc1)N[C@H]1CS(=O)(=O)C[C@@H]1S(=O)(=O)c1ccc(C(C)(C)C)cc1. The summed E-state index contributed by atoms with van der Waals surface area (Å²) in [4.78, 5) is 12.5. The third kappa shape index (κ3) is 6.02. The van der Waals surface area contributed by atoms with Gasteiger partial charge in [0.2, 0.25) is 0 Å². The molecule has 33 heavy (non-hydrogen) atoms. The second-order valence-electron chi connectivity index (χ2n) is 9.47. The van der Waals surface area contributed by atoms with Crippen LogP contribution in [-0.4, -0.2) is 58.8 Å². The van der Waals surface area contributed by atoms with E-state index in [1.807, 2.05) is 51.1 Å². The number of carbonyl (C=O) groups excluding carboxylic acids is 1. The molecule has 2 aromatic carbocycles. The predicted molar refractivity (Wildman–Crippen MR) is 128 cm³/mol. The van der Waals surface area contributed by atoms with Gasteiger partial charge < -0.3 is 4.74 Å². The van der Waals surface area contributed by atoms with E-state index >= 15 is 0 Å². The van der Waals surface area contributed by atoms with Gasteiger partial charge in [-0.2, -0.15) is 0 Å². The number of sulfone groups is 2. The summed E-state index contributed by atoms with van der Waals surface area (Å²) in [7, 11) is -6.33. The van der Waals surface area contributed by atoms with E-state index in [-0.39, 0.29) is 22.5 Å². The van der Waals surface area contributed by atoms with Crippen LogP contribution in [0.2, 0.25) is 0 Å². The maximum Gasteiger partial charge on any atom is 0.323 e. The average Bonchev–Trinajstić information content (AvgIpc) is 3.07. The molecule has 0 unspecified atom stereocenters. The molecule has 0 spiro atoms. The Hall–Kier alpha value is -2.23. The minimum atomic E-state index is -3.97. The van der Waals surface area contributed by atoms with E-state index < -0.39 is 48.7 Å². The van der Waals surface area contributed by atoms with Gasteiger partial charge in [0, 0.05) is 6.04 Å². The lowest BCUT2D eigenvalue weighted by atomic mass is 9.87. The summed E-state index contributed by atoms with van der Waals surface area (Å²) in [5.74, 6) is -1.43. The van der Waals surface area contributed by atoms with Crippen molar-refractivity contribution >= 4 is 25.6 Å². The number of nitrogens with one attached hydrogen (secondary N) is 1. The van der Waals surface area contributed by atoms with Crippen molar-refractivity contribution in [3.05, 3.63) is 65.7 Å². The molecule has 1 saturated heterocycles. The van der Waals surface area contributed by atoms with Crippen molar-refractivity contribution in [2.75, 3.05) is 18.6 Å². The van der Waals surface area contributed by atoms with E-state index in [1.165, 1.54) is 19.2 Å². The van der Waals surface area contributed by atoms with E-state index in [1.54, 1.807) is 12.1 Å². The Morgan fingerprint density at radius 3 is 2.21 bits per heavy atom. The molecule has 0 aliphatic carbocycles. The molecule has 1 heterocycles. The lowest BCUT2D eigenvalue weighted by Crippen LogP contribution is -2.51. The molecule has 0 bridgehead atoms. The summed E-state index contributed by atoms with van der Waals surface area (Å²) >= 11 is 0. The first-order valence-corrected chi connectivity index (χ1v) is 14.1. The monoisotopic (exact) mass is 493 g/mol. The lowest BCUT2D eigenvalue weighted by molar-refractivity contribution is -0.143. The zero-order valence-electron chi connectivity index (χ0n) is 19.3. The van der Waals surface area contributed by atoms with Crippen LogP contribution in [0.4, 0.5) is 0 Å². The third-order valence-electron chi connectivity index (χ3n) is 5.93. The first-order valence-electron chi connectivity index (χ1n) is 10.8. The second kappa shape index (κ2) is 9.56. The van der Waals surface area contributed by atoms with Crippen molar-refractivity contribution in [1.82, 2.24) is 5.32 Å². The third-order valence-corrected chi connectivity index (χ3v) is 10.1. The molecule has 0 aromatic heterocycles. The highest BCUT2D eigenvalue weighted by atomic mass is 32.2. The van der Waals surface area contributed by atoms with E-state index in [4.69, 9.17) is 4.74 Å². The van der Waals surface area contributed by atoms with Gasteiger partial charge in [-0.05, 0) is 35.1 Å². The van der Waals surface area contributed by atoms with Crippen molar-refractivity contribution in [3.63, 3.8) is 0 Å². The molecule has 0 saturated carbocycles. The molecular formula is C24H31NO6S2. The maximum atomic E-state index is 13.5. The topological polar surface area (TPSA) is 107 Å². The number of methoxy groups -OCH3 is 1. The molecular weight excluding hydrogens is 462 g/mol. The van der Waals surface area contributed by atoms with Crippen molar-refractivity contribution in [2.24, 2.45) is 0 Å². The van der Waals surface area contributed by atoms with Crippen molar-refractivity contribution in [2.45, 2.75) is 54.8 Å². The van der Waals surface area contributed by atoms with Crippen molar-refractivity contribution < 1.29 is 26.4 Å². The predicted octanol–water partition coefficient (Wildman–Crippen LogP) is 2.30. The molecule has 1 aliphatic heterocycles. The number of ether oxygens (including phenoxy) is 1. The fourth-order valence-electron chi connectivity index (χ4n) is 4.06. The summed E-state index contributed by atoms with van der Waals surface area (Å²) in [5, 5.41) is 1.80. The highest BCUT2D eigenvalue weighted by Gasteiger charge is 2.47. The highest BCUT2D eigenvalue weighted by Crippen LogP contribution is 2.29. The van der Waals surface area contributed by atoms with Gasteiger partial charge in [-0.25, -0.2) is 16.8 Å². The molecule has 0 radical (unpaired) electrons. The number of hydrogen-bond donors (Lipinski definition) is 1.